The number of nitrogens with zero attached hydrogens (tertiary/aromatic N) is 1. The highest BCUT2D eigenvalue weighted by Crippen LogP contribution is 2.30. The third-order valence-electron chi connectivity index (χ3n) is 4.04. The van der Waals surface area contributed by atoms with Crippen LogP contribution in [0.3, 0.4) is 0 Å². The molecule has 0 unspecified atom stereocenters. The summed E-state index contributed by atoms with van der Waals surface area (Å²) in [5.74, 6) is -2.17. The Morgan fingerprint density at radius 3 is 2.78 bits per heavy atom. The van der Waals surface area contributed by atoms with E-state index in [1.807, 2.05) is 0 Å². The lowest BCUT2D eigenvalue weighted by Gasteiger charge is -2.00. The number of hydrogen-bond donors (Lipinski definition) is 1. The Morgan fingerprint density at radius 2 is 2.00 bits per heavy atom. The van der Waals surface area contributed by atoms with Gasteiger partial charge in [-0.2, -0.15) is 0 Å². The van der Waals surface area contributed by atoms with Gasteiger partial charge in [-0.1, -0.05) is 11.6 Å². The van der Waals surface area contributed by atoms with Crippen LogP contribution in [0.25, 0.3) is 22.2 Å². The number of fused-ring (bicyclic) bond motifs is 1. The lowest BCUT2D eigenvalue weighted by atomic mass is 10.1. The second-order valence-corrected chi connectivity index (χ2v) is 7.11. The molecule has 0 aliphatic rings. The first-order valence-corrected chi connectivity index (χ1v) is 9.09. The number of thiazole rings is 1. The second kappa shape index (κ2) is 6.75. The molecule has 0 aliphatic heterocycles. The number of aromatic nitrogens is 1. The van der Waals surface area contributed by atoms with Gasteiger partial charge in [-0.15, -0.1) is 11.3 Å². The van der Waals surface area contributed by atoms with E-state index in [9.17, 15) is 13.6 Å². The lowest BCUT2D eigenvalue weighted by Crippen LogP contribution is -2.11. The minimum Gasteiger partial charge on any atom is -0.451 e. The van der Waals surface area contributed by atoms with Gasteiger partial charge >= 0.3 is 0 Å². The highest BCUT2D eigenvalue weighted by molar-refractivity contribution is 7.14. The zero-order valence-electron chi connectivity index (χ0n) is 13.8. The number of rotatable bonds is 3. The molecular formula is C19H11ClF2N2O2S. The van der Waals surface area contributed by atoms with Gasteiger partial charge in [0, 0.05) is 26.9 Å². The van der Waals surface area contributed by atoms with Gasteiger partial charge in [0.05, 0.1) is 5.69 Å². The summed E-state index contributed by atoms with van der Waals surface area (Å²) in [6.45, 7) is 1.77. The minimum atomic E-state index is -0.956. The van der Waals surface area contributed by atoms with E-state index in [2.05, 4.69) is 10.3 Å². The molecule has 0 radical (unpaired) electrons. The van der Waals surface area contributed by atoms with Gasteiger partial charge in [0.25, 0.3) is 5.91 Å². The van der Waals surface area contributed by atoms with Crippen LogP contribution in [0.4, 0.5) is 13.9 Å². The predicted molar refractivity (Wildman–Crippen MR) is 101 cm³/mol. The summed E-state index contributed by atoms with van der Waals surface area (Å²) in [5.41, 5.74) is 2.08. The van der Waals surface area contributed by atoms with Crippen LogP contribution < -0.4 is 5.32 Å². The number of anilines is 1. The summed E-state index contributed by atoms with van der Waals surface area (Å²) >= 11 is 7.16. The van der Waals surface area contributed by atoms with Crippen molar-refractivity contribution in [3.05, 3.63) is 69.8 Å². The molecule has 2 aromatic heterocycles. The summed E-state index contributed by atoms with van der Waals surface area (Å²) < 4.78 is 32.1. The molecule has 8 heteroatoms. The maximum atomic E-state index is 13.4. The Bertz CT molecular complexity index is 1190. The number of aryl methyl sites for hydroxylation is 1. The Balaban J connectivity index is 1.59. The molecule has 1 N–H and O–H groups in total. The fourth-order valence-corrected chi connectivity index (χ4v) is 3.57. The predicted octanol–water partition coefficient (Wildman–Crippen LogP) is 6.05. The maximum absolute atomic E-state index is 13.4. The third-order valence-corrected chi connectivity index (χ3v) is 5.04. The molecule has 4 rings (SSSR count). The first-order chi connectivity index (χ1) is 12.9. The average molecular weight is 405 g/mol. The van der Waals surface area contributed by atoms with Gasteiger partial charge in [-0.05, 0) is 43.3 Å². The number of nitrogens with one attached hydrogen (secondary N) is 1. The Morgan fingerprint density at radius 1 is 1.19 bits per heavy atom. The van der Waals surface area contributed by atoms with E-state index in [0.717, 1.165) is 17.5 Å². The molecule has 0 atom stereocenters. The fourth-order valence-electron chi connectivity index (χ4n) is 2.68. The molecule has 0 saturated heterocycles. The van der Waals surface area contributed by atoms with Crippen LogP contribution in [0.1, 0.15) is 16.1 Å². The van der Waals surface area contributed by atoms with E-state index < -0.39 is 17.5 Å². The van der Waals surface area contributed by atoms with Gasteiger partial charge in [0.2, 0.25) is 0 Å². The zero-order valence-corrected chi connectivity index (χ0v) is 15.4. The van der Waals surface area contributed by atoms with Crippen LogP contribution in [-0.4, -0.2) is 10.9 Å². The van der Waals surface area contributed by atoms with Crippen LogP contribution in [0.5, 0.6) is 0 Å². The molecule has 0 fully saturated rings. The zero-order chi connectivity index (χ0) is 19.1. The summed E-state index contributed by atoms with van der Waals surface area (Å²) in [5, 5.41) is 5.94. The summed E-state index contributed by atoms with van der Waals surface area (Å²) in [6, 6.07) is 8.63. The number of amides is 1. The molecule has 0 saturated carbocycles. The highest BCUT2D eigenvalue weighted by atomic mass is 35.5. The molecule has 4 aromatic rings. The van der Waals surface area contributed by atoms with Crippen molar-refractivity contribution in [2.45, 2.75) is 6.92 Å². The van der Waals surface area contributed by atoms with Gasteiger partial charge in [-0.3, -0.25) is 10.1 Å². The number of carbonyl (C=O) groups is 1. The molecule has 136 valence electrons. The lowest BCUT2D eigenvalue weighted by molar-refractivity contribution is 0.0998. The van der Waals surface area contributed by atoms with E-state index in [1.165, 1.54) is 17.4 Å². The van der Waals surface area contributed by atoms with Crippen molar-refractivity contribution in [3.8, 4) is 11.3 Å². The van der Waals surface area contributed by atoms with E-state index in [-0.39, 0.29) is 5.76 Å². The Hall–Kier alpha value is -2.77. The van der Waals surface area contributed by atoms with Gasteiger partial charge < -0.3 is 4.42 Å². The molecular weight excluding hydrogens is 394 g/mol. The van der Waals surface area contributed by atoms with Gasteiger partial charge in [-0.25, -0.2) is 13.8 Å². The second-order valence-electron chi connectivity index (χ2n) is 5.82. The minimum absolute atomic E-state index is 0.164. The van der Waals surface area contributed by atoms with Crippen LogP contribution >= 0.6 is 22.9 Å². The average Bonchev–Trinajstić information content (AvgIpc) is 3.22. The summed E-state index contributed by atoms with van der Waals surface area (Å²) in [7, 11) is 0. The molecule has 4 nitrogen and oxygen atoms in total. The van der Waals surface area contributed by atoms with Gasteiger partial charge in [0.1, 0.15) is 5.58 Å². The van der Waals surface area contributed by atoms with Crippen LogP contribution in [0.2, 0.25) is 5.02 Å². The van der Waals surface area contributed by atoms with Crippen molar-refractivity contribution in [2.24, 2.45) is 0 Å². The topological polar surface area (TPSA) is 55.1 Å². The van der Waals surface area contributed by atoms with Crippen molar-refractivity contribution in [1.29, 1.82) is 0 Å². The van der Waals surface area contributed by atoms with E-state index in [4.69, 9.17) is 16.0 Å². The SMILES string of the molecule is Cc1c(C(=O)Nc2nc(-c3ccc(F)c(F)c3)cs2)oc2ccc(Cl)cc12. The number of carbonyl (C=O) groups excluding carboxylic acids is 1. The molecule has 0 bridgehead atoms. The van der Waals surface area contributed by atoms with E-state index >= 15 is 0 Å². The number of furan rings is 1. The van der Waals surface area contributed by atoms with Crippen LogP contribution in [0, 0.1) is 18.6 Å². The Labute approximate surface area is 161 Å². The first-order valence-electron chi connectivity index (χ1n) is 7.83. The number of benzene rings is 2. The quantitative estimate of drug-likeness (QED) is 0.452. The molecule has 1 amide bonds. The molecule has 2 aromatic carbocycles. The summed E-state index contributed by atoms with van der Waals surface area (Å²) in [6.07, 6.45) is 0. The van der Waals surface area contributed by atoms with Gasteiger partial charge in [0.15, 0.2) is 22.5 Å². The van der Waals surface area contributed by atoms with Crippen molar-refractivity contribution in [3.63, 3.8) is 0 Å². The van der Waals surface area contributed by atoms with E-state index in [0.29, 0.717) is 32.6 Å². The summed E-state index contributed by atoms with van der Waals surface area (Å²) in [4.78, 5) is 16.8. The van der Waals surface area contributed by atoms with Crippen LogP contribution in [0.15, 0.2) is 46.2 Å². The first kappa shape index (κ1) is 17.6. The van der Waals surface area contributed by atoms with Crippen LogP contribution in [-0.2, 0) is 0 Å². The van der Waals surface area contributed by atoms with Crippen molar-refractivity contribution >= 4 is 44.9 Å². The number of hydrogen-bond acceptors (Lipinski definition) is 4. The standard InChI is InChI=1S/C19H11ClF2N2O2S/c1-9-12-7-11(20)3-5-16(12)26-17(9)18(25)24-19-23-15(8-27-19)10-2-4-13(21)14(22)6-10/h2-8H,1H3,(H,23,24,25). The van der Waals surface area contributed by atoms with Crippen molar-refractivity contribution in [2.75, 3.05) is 5.32 Å². The van der Waals surface area contributed by atoms with E-state index in [1.54, 1.807) is 30.5 Å². The molecule has 2 heterocycles. The molecule has 0 aliphatic carbocycles. The normalized spacial score (nSPS) is 11.1. The smallest absolute Gasteiger partial charge is 0.293 e. The van der Waals surface area contributed by atoms with Crippen molar-refractivity contribution in [1.82, 2.24) is 4.98 Å². The maximum Gasteiger partial charge on any atom is 0.293 e. The molecule has 0 spiro atoms. The highest BCUT2D eigenvalue weighted by Gasteiger charge is 2.19. The fraction of sp³-hybridized carbons (Fsp3) is 0.0526. The Kier molecular flexibility index (Phi) is 4.41. The van der Waals surface area contributed by atoms with Crippen molar-refractivity contribution < 1.29 is 18.0 Å². The monoisotopic (exact) mass is 404 g/mol. The number of halogens is 3. The largest absolute Gasteiger partial charge is 0.451 e. The molecule has 27 heavy (non-hydrogen) atoms. The third kappa shape index (κ3) is 3.31.